The molecule has 1 aliphatic rings. The summed E-state index contributed by atoms with van der Waals surface area (Å²) in [5.41, 5.74) is 1.02. The van der Waals surface area contributed by atoms with Crippen LogP contribution in [0.4, 0.5) is 0 Å². The zero-order chi connectivity index (χ0) is 18.7. The molecule has 7 nitrogen and oxygen atoms in total. The first-order valence-corrected chi connectivity index (χ1v) is 10.5. The minimum atomic E-state index is -0.276. The molecule has 0 bridgehead atoms. The SMILES string of the molecule is CC(C)NC(=O)CNC(=O)CSc1nc2sc3c(c2c(=O)[nH]1)CCCC3. The molecule has 0 aromatic carbocycles. The summed E-state index contributed by atoms with van der Waals surface area (Å²) in [6, 6.07) is 0.0337. The fourth-order valence-corrected chi connectivity index (χ4v) is 4.96. The second-order valence-corrected chi connectivity index (χ2v) is 8.60. The fourth-order valence-electron chi connectivity index (χ4n) is 2.95. The van der Waals surface area contributed by atoms with Gasteiger partial charge in [-0.15, -0.1) is 11.3 Å². The number of fused-ring (bicyclic) bond motifs is 3. The highest BCUT2D eigenvalue weighted by molar-refractivity contribution is 7.99. The number of aryl methyl sites for hydroxylation is 2. The predicted octanol–water partition coefficient (Wildman–Crippen LogP) is 1.60. The Bertz CT molecular complexity index is 888. The summed E-state index contributed by atoms with van der Waals surface area (Å²) in [4.78, 5) is 45.2. The van der Waals surface area contributed by atoms with E-state index in [9.17, 15) is 14.4 Å². The van der Waals surface area contributed by atoms with E-state index in [4.69, 9.17) is 0 Å². The minimum Gasteiger partial charge on any atom is -0.352 e. The third-order valence-corrected chi connectivity index (χ3v) is 6.10. The average molecular weight is 395 g/mol. The van der Waals surface area contributed by atoms with E-state index in [2.05, 4.69) is 20.6 Å². The zero-order valence-electron chi connectivity index (χ0n) is 14.8. The van der Waals surface area contributed by atoms with Gasteiger partial charge in [0.15, 0.2) is 5.16 Å². The van der Waals surface area contributed by atoms with Gasteiger partial charge in [0.05, 0.1) is 17.7 Å². The van der Waals surface area contributed by atoms with Crippen molar-refractivity contribution in [1.82, 2.24) is 20.6 Å². The molecule has 3 rings (SSSR count). The average Bonchev–Trinajstić information content (AvgIpc) is 2.96. The van der Waals surface area contributed by atoms with Gasteiger partial charge in [0.2, 0.25) is 11.8 Å². The van der Waals surface area contributed by atoms with Gasteiger partial charge in [-0.3, -0.25) is 14.4 Å². The third-order valence-electron chi connectivity index (χ3n) is 4.04. The van der Waals surface area contributed by atoms with Crippen molar-refractivity contribution in [3.63, 3.8) is 0 Å². The molecule has 26 heavy (non-hydrogen) atoms. The number of H-pyrrole nitrogens is 1. The first kappa shape index (κ1) is 18.9. The molecular formula is C17H22N4O3S2. The molecule has 140 valence electrons. The highest BCUT2D eigenvalue weighted by atomic mass is 32.2. The van der Waals surface area contributed by atoms with Crippen LogP contribution >= 0.6 is 23.1 Å². The van der Waals surface area contributed by atoms with Crippen LogP contribution in [-0.2, 0) is 22.4 Å². The zero-order valence-corrected chi connectivity index (χ0v) is 16.4. The number of aromatic amines is 1. The summed E-state index contributed by atoms with van der Waals surface area (Å²) < 4.78 is 0. The maximum absolute atomic E-state index is 12.4. The lowest BCUT2D eigenvalue weighted by atomic mass is 9.97. The van der Waals surface area contributed by atoms with Gasteiger partial charge in [-0.1, -0.05) is 11.8 Å². The number of hydrogen-bond acceptors (Lipinski definition) is 6. The Morgan fingerprint density at radius 1 is 1.27 bits per heavy atom. The van der Waals surface area contributed by atoms with Crippen molar-refractivity contribution < 1.29 is 9.59 Å². The van der Waals surface area contributed by atoms with Gasteiger partial charge in [0.25, 0.3) is 5.56 Å². The monoisotopic (exact) mass is 394 g/mol. The molecule has 2 aromatic heterocycles. The van der Waals surface area contributed by atoms with Crippen LogP contribution in [0.25, 0.3) is 10.2 Å². The lowest BCUT2D eigenvalue weighted by molar-refractivity contribution is -0.125. The van der Waals surface area contributed by atoms with Crippen molar-refractivity contribution in [3.8, 4) is 0 Å². The smallest absolute Gasteiger partial charge is 0.260 e. The van der Waals surface area contributed by atoms with Crippen LogP contribution in [0.15, 0.2) is 9.95 Å². The first-order valence-electron chi connectivity index (χ1n) is 8.67. The van der Waals surface area contributed by atoms with Crippen LogP contribution in [0, 0.1) is 0 Å². The number of thioether (sulfide) groups is 1. The van der Waals surface area contributed by atoms with Crippen molar-refractivity contribution in [2.75, 3.05) is 12.3 Å². The summed E-state index contributed by atoms with van der Waals surface area (Å²) in [5.74, 6) is -0.410. The number of thiophene rings is 1. The molecule has 9 heteroatoms. The first-order chi connectivity index (χ1) is 12.4. The Balaban J connectivity index is 1.62. The van der Waals surface area contributed by atoms with E-state index < -0.39 is 0 Å². The van der Waals surface area contributed by atoms with Gasteiger partial charge in [-0.05, 0) is 45.1 Å². The normalized spacial score (nSPS) is 13.7. The molecular weight excluding hydrogens is 372 g/mol. The van der Waals surface area contributed by atoms with E-state index in [0.717, 1.165) is 36.1 Å². The summed E-state index contributed by atoms with van der Waals surface area (Å²) in [6.07, 6.45) is 4.22. The number of amides is 2. The number of nitrogens with one attached hydrogen (secondary N) is 3. The molecule has 0 saturated heterocycles. The number of aromatic nitrogens is 2. The predicted molar refractivity (Wildman–Crippen MR) is 104 cm³/mol. The summed E-state index contributed by atoms with van der Waals surface area (Å²) in [5, 5.41) is 6.41. The molecule has 0 aliphatic heterocycles. The molecule has 0 spiro atoms. The van der Waals surface area contributed by atoms with Gasteiger partial charge in [-0.2, -0.15) is 0 Å². The number of nitrogens with zero attached hydrogens (tertiary/aromatic N) is 1. The Morgan fingerprint density at radius 3 is 2.81 bits per heavy atom. The van der Waals surface area contributed by atoms with Crippen molar-refractivity contribution >= 4 is 45.1 Å². The van der Waals surface area contributed by atoms with Gasteiger partial charge in [0.1, 0.15) is 4.83 Å². The van der Waals surface area contributed by atoms with Gasteiger partial charge in [-0.25, -0.2) is 4.98 Å². The largest absolute Gasteiger partial charge is 0.352 e. The highest BCUT2D eigenvalue weighted by Crippen LogP contribution is 2.34. The molecule has 0 saturated carbocycles. The lowest BCUT2D eigenvalue weighted by Crippen LogP contribution is -2.40. The summed E-state index contributed by atoms with van der Waals surface area (Å²) in [7, 11) is 0. The topological polar surface area (TPSA) is 104 Å². The molecule has 0 atom stereocenters. The van der Waals surface area contributed by atoms with Crippen molar-refractivity contribution in [3.05, 3.63) is 20.8 Å². The van der Waals surface area contributed by atoms with Crippen LogP contribution in [0.2, 0.25) is 0 Å². The molecule has 3 N–H and O–H groups in total. The summed E-state index contributed by atoms with van der Waals surface area (Å²) in [6.45, 7) is 3.66. The fraction of sp³-hybridized carbons (Fsp3) is 0.529. The van der Waals surface area contributed by atoms with E-state index in [1.54, 1.807) is 11.3 Å². The number of hydrogen-bond donors (Lipinski definition) is 3. The molecule has 0 fully saturated rings. The lowest BCUT2D eigenvalue weighted by Gasteiger charge is -2.09. The maximum atomic E-state index is 12.4. The Labute approximate surface area is 159 Å². The van der Waals surface area contributed by atoms with Crippen LogP contribution in [-0.4, -0.2) is 40.1 Å². The second-order valence-electron chi connectivity index (χ2n) is 6.55. The van der Waals surface area contributed by atoms with Crippen LogP contribution < -0.4 is 16.2 Å². The molecule has 0 radical (unpaired) electrons. The van der Waals surface area contributed by atoms with Crippen LogP contribution in [0.3, 0.4) is 0 Å². The quantitative estimate of drug-likeness (QED) is 0.510. The highest BCUT2D eigenvalue weighted by Gasteiger charge is 2.20. The van der Waals surface area contributed by atoms with E-state index in [1.165, 1.54) is 16.6 Å². The molecule has 2 amide bonds. The van der Waals surface area contributed by atoms with Crippen molar-refractivity contribution in [2.45, 2.75) is 50.7 Å². The molecule has 2 heterocycles. The van der Waals surface area contributed by atoms with Gasteiger partial charge < -0.3 is 15.6 Å². The van der Waals surface area contributed by atoms with Crippen LogP contribution in [0.5, 0.6) is 0 Å². The van der Waals surface area contributed by atoms with E-state index >= 15 is 0 Å². The van der Waals surface area contributed by atoms with Crippen molar-refractivity contribution in [1.29, 1.82) is 0 Å². The Kier molecular flexibility index (Phi) is 5.98. The number of rotatable bonds is 6. The van der Waals surface area contributed by atoms with E-state index in [1.807, 2.05) is 13.8 Å². The number of carbonyl (C=O) groups excluding carboxylic acids is 2. The van der Waals surface area contributed by atoms with E-state index in [0.29, 0.717) is 10.5 Å². The molecule has 1 aliphatic carbocycles. The second kappa shape index (κ2) is 8.22. The Morgan fingerprint density at radius 2 is 2.04 bits per heavy atom. The summed E-state index contributed by atoms with van der Waals surface area (Å²) >= 11 is 2.75. The van der Waals surface area contributed by atoms with Crippen molar-refractivity contribution in [2.24, 2.45) is 0 Å². The van der Waals surface area contributed by atoms with Crippen LogP contribution in [0.1, 0.15) is 37.1 Å². The minimum absolute atomic E-state index is 0.0337. The Hall–Kier alpha value is -1.87. The third kappa shape index (κ3) is 4.45. The van der Waals surface area contributed by atoms with Gasteiger partial charge in [0, 0.05) is 10.9 Å². The maximum Gasteiger partial charge on any atom is 0.260 e. The number of carbonyl (C=O) groups is 2. The standard InChI is InChI=1S/C17H22N4O3S2/c1-9(2)19-12(22)7-18-13(23)8-25-17-20-15(24)14-10-5-3-4-6-11(10)26-16(14)21-17/h9H,3-8H2,1-2H3,(H,18,23)(H,19,22)(H,20,21,24). The molecule has 2 aromatic rings. The van der Waals surface area contributed by atoms with E-state index in [-0.39, 0.29) is 35.7 Å². The molecule has 0 unspecified atom stereocenters. The van der Waals surface area contributed by atoms with Gasteiger partial charge >= 0.3 is 0 Å².